The van der Waals surface area contributed by atoms with Crippen molar-refractivity contribution in [1.29, 1.82) is 0 Å². The molecular formula is C17H19FN2S2. The number of anilines is 1. The molecule has 22 heavy (non-hydrogen) atoms. The Morgan fingerprint density at radius 3 is 2.50 bits per heavy atom. The SMILES string of the molecule is CSc1ccc(CN(C)C(=S)Nc2ccc(C)c(F)c2)cc1. The van der Waals surface area contributed by atoms with E-state index in [-0.39, 0.29) is 5.82 Å². The highest BCUT2D eigenvalue weighted by Crippen LogP contribution is 2.17. The van der Waals surface area contributed by atoms with Crippen LogP contribution in [0, 0.1) is 12.7 Å². The molecule has 0 heterocycles. The highest BCUT2D eigenvalue weighted by Gasteiger charge is 2.07. The van der Waals surface area contributed by atoms with E-state index in [9.17, 15) is 4.39 Å². The number of hydrogen-bond acceptors (Lipinski definition) is 2. The lowest BCUT2D eigenvalue weighted by molar-refractivity contribution is 0.508. The molecule has 2 aromatic rings. The first-order chi connectivity index (χ1) is 10.5. The van der Waals surface area contributed by atoms with Crippen LogP contribution in [0.25, 0.3) is 0 Å². The van der Waals surface area contributed by atoms with Gasteiger partial charge in [0.15, 0.2) is 5.11 Å². The topological polar surface area (TPSA) is 15.3 Å². The monoisotopic (exact) mass is 334 g/mol. The maximum Gasteiger partial charge on any atom is 0.173 e. The second-order valence-electron chi connectivity index (χ2n) is 5.10. The van der Waals surface area contributed by atoms with Gasteiger partial charge in [-0.05, 0) is 60.8 Å². The van der Waals surface area contributed by atoms with E-state index in [1.165, 1.54) is 16.5 Å². The zero-order valence-corrected chi connectivity index (χ0v) is 14.5. The lowest BCUT2D eigenvalue weighted by atomic mass is 10.2. The zero-order chi connectivity index (χ0) is 16.1. The number of halogens is 1. The molecule has 0 aliphatic carbocycles. The maximum atomic E-state index is 13.6. The molecule has 0 atom stereocenters. The van der Waals surface area contributed by atoms with Crippen LogP contribution in [0.2, 0.25) is 0 Å². The van der Waals surface area contributed by atoms with Gasteiger partial charge in [0.25, 0.3) is 0 Å². The Morgan fingerprint density at radius 1 is 1.23 bits per heavy atom. The maximum absolute atomic E-state index is 13.6. The van der Waals surface area contributed by atoms with E-state index in [1.54, 1.807) is 24.8 Å². The smallest absolute Gasteiger partial charge is 0.173 e. The van der Waals surface area contributed by atoms with Gasteiger partial charge in [-0.1, -0.05) is 18.2 Å². The van der Waals surface area contributed by atoms with Gasteiger partial charge in [-0.3, -0.25) is 0 Å². The quantitative estimate of drug-likeness (QED) is 0.644. The van der Waals surface area contributed by atoms with Crippen molar-refractivity contribution in [2.75, 3.05) is 18.6 Å². The van der Waals surface area contributed by atoms with Crippen molar-refractivity contribution in [2.24, 2.45) is 0 Å². The largest absolute Gasteiger partial charge is 0.348 e. The van der Waals surface area contributed by atoms with Crippen LogP contribution in [-0.2, 0) is 6.54 Å². The molecule has 1 N–H and O–H groups in total. The summed E-state index contributed by atoms with van der Waals surface area (Å²) in [6.07, 6.45) is 2.06. The summed E-state index contributed by atoms with van der Waals surface area (Å²) in [7, 11) is 1.92. The highest BCUT2D eigenvalue weighted by molar-refractivity contribution is 7.98. The number of aryl methyl sites for hydroxylation is 1. The van der Waals surface area contributed by atoms with Gasteiger partial charge in [0.2, 0.25) is 0 Å². The minimum Gasteiger partial charge on any atom is -0.348 e. The molecular weight excluding hydrogens is 315 g/mol. The summed E-state index contributed by atoms with van der Waals surface area (Å²) in [5.74, 6) is -0.233. The average Bonchev–Trinajstić information content (AvgIpc) is 2.51. The average molecular weight is 334 g/mol. The van der Waals surface area contributed by atoms with E-state index < -0.39 is 0 Å². The Morgan fingerprint density at radius 2 is 1.91 bits per heavy atom. The van der Waals surface area contributed by atoms with Crippen LogP contribution >= 0.6 is 24.0 Å². The minimum absolute atomic E-state index is 0.233. The van der Waals surface area contributed by atoms with Crippen LogP contribution < -0.4 is 5.32 Å². The van der Waals surface area contributed by atoms with Gasteiger partial charge in [0.1, 0.15) is 5.82 Å². The van der Waals surface area contributed by atoms with Crippen molar-refractivity contribution < 1.29 is 4.39 Å². The third kappa shape index (κ3) is 4.45. The first-order valence-corrected chi connectivity index (χ1v) is 8.54. The summed E-state index contributed by atoms with van der Waals surface area (Å²) < 4.78 is 13.6. The van der Waals surface area contributed by atoms with E-state index in [4.69, 9.17) is 12.2 Å². The van der Waals surface area contributed by atoms with Gasteiger partial charge in [0.05, 0.1) is 0 Å². The standard InChI is InChI=1S/C17H19FN2S2/c1-12-4-7-14(10-16(12)18)19-17(21)20(2)11-13-5-8-15(22-3)9-6-13/h4-10H,11H2,1-3H3,(H,19,21). The second-order valence-corrected chi connectivity index (χ2v) is 6.36. The number of benzene rings is 2. The molecule has 0 amide bonds. The lowest BCUT2D eigenvalue weighted by Gasteiger charge is -2.21. The molecule has 0 aromatic heterocycles. The van der Waals surface area contributed by atoms with E-state index in [1.807, 2.05) is 18.0 Å². The molecule has 0 aliphatic heterocycles. The Bertz CT molecular complexity index is 656. The van der Waals surface area contributed by atoms with Crippen molar-refractivity contribution in [3.8, 4) is 0 Å². The van der Waals surface area contributed by atoms with Gasteiger partial charge in [0, 0.05) is 24.2 Å². The van der Waals surface area contributed by atoms with Gasteiger partial charge < -0.3 is 10.2 Å². The second kappa shape index (κ2) is 7.61. The lowest BCUT2D eigenvalue weighted by Crippen LogP contribution is -2.30. The van der Waals surface area contributed by atoms with Crippen LogP contribution in [0.5, 0.6) is 0 Å². The minimum atomic E-state index is -0.233. The molecule has 116 valence electrons. The number of rotatable bonds is 4. The Balaban J connectivity index is 1.97. The van der Waals surface area contributed by atoms with Crippen LogP contribution in [0.3, 0.4) is 0 Å². The van der Waals surface area contributed by atoms with E-state index in [0.717, 1.165) is 0 Å². The van der Waals surface area contributed by atoms with Crippen LogP contribution in [0.1, 0.15) is 11.1 Å². The molecule has 0 saturated heterocycles. The third-order valence-electron chi connectivity index (χ3n) is 3.35. The van der Waals surface area contributed by atoms with Crippen molar-refractivity contribution in [1.82, 2.24) is 4.90 Å². The zero-order valence-electron chi connectivity index (χ0n) is 12.9. The highest BCUT2D eigenvalue weighted by atomic mass is 32.2. The molecule has 2 nitrogen and oxygen atoms in total. The Kier molecular flexibility index (Phi) is 5.80. The van der Waals surface area contributed by atoms with Gasteiger partial charge in [-0.15, -0.1) is 11.8 Å². The third-order valence-corrected chi connectivity index (χ3v) is 4.51. The molecule has 0 saturated carbocycles. The van der Waals surface area contributed by atoms with Gasteiger partial charge in [-0.25, -0.2) is 4.39 Å². The summed E-state index contributed by atoms with van der Waals surface area (Å²) in [6, 6.07) is 13.4. The summed E-state index contributed by atoms with van der Waals surface area (Å²) >= 11 is 7.09. The summed E-state index contributed by atoms with van der Waals surface area (Å²) in [6.45, 7) is 2.44. The Labute approximate surface area is 140 Å². The normalized spacial score (nSPS) is 10.4. The molecule has 0 bridgehead atoms. The molecule has 2 aromatic carbocycles. The molecule has 0 fully saturated rings. The number of nitrogens with zero attached hydrogens (tertiary/aromatic N) is 1. The number of nitrogens with one attached hydrogen (secondary N) is 1. The number of hydrogen-bond donors (Lipinski definition) is 1. The molecule has 0 unspecified atom stereocenters. The summed E-state index contributed by atoms with van der Waals surface area (Å²) in [5, 5.41) is 3.63. The Hall–Kier alpha value is -1.59. The molecule has 0 aliphatic rings. The van der Waals surface area contributed by atoms with Gasteiger partial charge in [-0.2, -0.15) is 0 Å². The summed E-state index contributed by atoms with van der Waals surface area (Å²) in [4.78, 5) is 3.17. The number of thiocarbonyl (C=S) groups is 1. The first kappa shape index (κ1) is 16.8. The van der Waals surface area contributed by atoms with E-state index in [2.05, 4.69) is 35.8 Å². The van der Waals surface area contributed by atoms with Crippen LogP contribution in [0.4, 0.5) is 10.1 Å². The fraction of sp³-hybridized carbons (Fsp3) is 0.235. The molecule has 0 spiro atoms. The first-order valence-electron chi connectivity index (χ1n) is 6.91. The molecule has 5 heteroatoms. The van der Waals surface area contributed by atoms with Crippen molar-refractivity contribution >= 4 is 34.8 Å². The molecule has 2 rings (SSSR count). The van der Waals surface area contributed by atoms with Crippen LogP contribution in [-0.4, -0.2) is 23.3 Å². The predicted molar refractivity (Wildman–Crippen MR) is 97.0 cm³/mol. The van der Waals surface area contributed by atoms with Gasteiger partial charge >= 0.3 is 0 Å². The van der Waals surface area contributed by atoms with Crippen molar-refractivity contribution in [3.63, 3.8) is 0 Å². The van der Waals surface area contributed by atoms with Crippen LogP contribution in [0.15, 0.2) is 47.4 Å². The summed E-state index contributed by atoms with van der Waals surface area (Å²) in [5.41, 5.74) is 2.47. The fourth-order valence-corrected chi connectivity index (χ4v) is 2.56. The molecule has 0 radical (unpaired) electrons. The van der Waals surface area contributed by atoms with E-state index >= 15 is 0 Å². The van der Waals surface area contributed by atoms with Crippen molar-refractivity contribution in [2.45, 2.75) is 18.4 Å². The fourth-order valence-electron chi connectivity index (χ4n) is 1.97. The predicted octanol–water partition coefficient (Wildman–Crippen LogP) is 4.68. The van der Waals surface area contributed by atoms with Crippen molar-refractivity contribution in [3.05, 3.63) is 59.4 Å². The van der Waals surface area contributed by atoms with E-state index in [0.29, 0.717) is 22.9 Å². The number of thioether (sulfide) groups is 1.